The zero-order chi connectivity index (χ0) is 15.7. The molecular formula is C18H19ClINO. The van der Waals surface area contributed by atoms with Gasteiger partial charge in [0, 0.05) is 16.0 Å². The number of halogens is 2. The van der Waals surface area contributed by atoms with E-state index in [0.717, 1.165) is 18.7 Å². The van der Waals surface area contributed by atoms with Crippen molar-refractivity contribution in [3.63, 3.8) is 0 Å². The molecule has 4 heteroatoms. The number of nitrogens with zero attached hydrogens (tertiary/aromatic N) is 1. The van der Waals surface area contributed by atoms with Crippen LogP contribution < -0.4 is 4.74 Å². The van der Waals surface area contributed by atoms with Crippen molar-refractivity contribution in [2.24, 2.45) is 0 Å². The first-order chi connectivity index (χ1) is 10.6. The van der Waals surface area contributed by atoms with Gasteiger partial charge in [-0.05, 0) is 77.0 Å². The van der Waals surface area contributed by atoms with Gasteiger partial charge in [0.15, 0.2) is 0 Å². The molecular weight excluding hydrogens is 409 g/mol. The smallest absolute Gasteiger partial charge is 0.119 e. The number of alkyl halides is 1. The van der Waals surface area contributed by atoms with E-state index in [1.165, 1.54) is 20.3 Å². The minimum absolute atomic E-state index is 0.0617. The van der Waals surface area contributed by atoms with Crippen molar-refractivity contribution in [2.75, 3.05) is 20.7 Å². The van der Waals surface area contributed by atoms with Gasteiger partial charge in [-0.3, -0.25) is 4.90 Å². The first-order valence-electron chi connectivity index (χ1n) is 7.36. The number of benzene rings is 2. The lowest BCUT2D eigenvalue weighted by Crippen LogP contribution is -2.32. The van der Waals surface area contributed by atoms with Crippen LogP contribution in [-0.2, 0) is 6.42 Å². The minimum atomic E-state index is -0.0617. The first kappa shape index (κ1) is 16.1. The van der Waals surface area contributed by atoms with E-state index in [1.807, 2.05) is 6.07 Å². The normalized spacial score (nSPS) is 22.0. The molecule has 2 aromatic carbocycles. The van der Waals surface area contributed by atoms with Gasteiger partial charge in [-0.1, -0.05) is 18.2 Å². The molecule has 2 aromatic rings. The molecule has 1 aliphatic rings. The largest absolute Gasteiger partial charge is 0.497 e. The number of likely N-dealkylation sites (N-methyl/N-ethyl adjacent to an activating group) is 1. The molecule has 0 N–H and O–H groups in total. The second kappa shape index (κ2) is 6.77. The maximum absolute atomic E-state index is 6.82. The van der Waals surface area contributed by atoms with Gasteiger partial charge in [-0.25, -0.2) is 0 Å². The van der Waals surface area contributed by atoms with E-state index in [9.17, 15) is 0 Å². The van der Waals surface area contributed by atoms with E-state index in [4.69, 9.17) is 16.3 Å². The summed E-state index contributed by atoms with van der Waals surface area (Å²) in [5.74, 6) is 1.04. The van der Waals surface area contributed by atoms with E-state index in [2.05, 4.69) is 70.9 Å². The lowest BCUT2D eigenvalue weighted by molar-refractivity contribution is 0.303. The van der Waals surface area contributed by atoms with E-state index in [0.29, 0.717) is 0 Å². The summed E-state index contributed by atoms with van der Waals surface area (Å²) in [5, 5.41) is 0. The Morgan fingerprint density at radius 2 is 1.91 bits per heavy atom. The molecule has 0 spiro atoms. The maximum atomic E-state index is 6.82. The van der Waals surface area contributed by atoms with Crippen LogP contribution in [0.4, 0.5) is 0 Å². The van der Waals surface area contributed by atoms with E-state index in [-0.39, 0.29) is 11.4 Å². The molecule has 0 amide bonds. The molecule has 2 unspecified atom stereocenters. The van der Waals surface area contributed by atoms with Gasteiger partial charge < -0.3 is 4.74 Å². The Kier molecular flexibility index (Phi) is 4.95. The van der Waals surface area contributed by atoms with Crippen LogP contribution in [0.5, 0.6) is 5.75 Å². The van der Waals surface area contributed by atoms with Gasteiger partial charge in [0.25, 0.3) is 0 Å². The highest BCUT2D eigenvalue weighted by molar-refractivity contribution is 14.1. The summed E-state index contributed by atoms with van der Waals surface area (Å²) in [6.07, 6.45) is 1.01. The van der Waals surface area contributed by atoms with Crippen molar-refractivity contribution in [2.45, 2.75) is 17.8 Å². The third-order valence-corrected chi connectivity index (χ3v) is 5.65. The van der Waals surface area contributed by atoms with Crippen molar-refractivity contribution < 1.29 is 4.74 Å². The fraction of sp³-hybridized carbons (Fsp3) is 0.333. The Morgan fingerprint density at radius 1 is 1.18 bits per heavy atom. The van der Waals surface area contributed by atoms with Crippen LogP contribution in [-0.4, -0.2) is 31.1 Å². The first-order valence-corrected chi connectivity index (χ1v) is 8.88. The average Bonchev–Trinajstić information content (AvgIpc) is 2.66. The molecule has 0 saturated heterocycles. The van der Waals surface area contributed by atoms with Crippen LogP contribution in [0.3, 0.4) is 0 Å². The highest BCUT2D eigenvalue weighted by Gasteiger charge is 2.31. The van der Waals surface area contributed by atoms with Crippen LogP contribution in [0.1, 0.15) is 22.6 Å². The van der Waals surface area contributed by atoms with Gasteiger partial charge in [0.05, 0.1) is 12.6 Å². The molecule has 22 heavy (non-hydrogen) atoms. The predicted molar refractivity (Wildman–Crippen MR) is 100.0 cm³/mol. The third-order valence-electron chi connectivity index (χ3n) is 4.35. The number of rotatable bonds is 2. The molecule has 116 valence electrons. The topological polar surface area (TPSA) is 12.5 Å². The Morgan fingerprint density at radius 3 is 2.59 bits per heavy atom. The van der Waals surface area contributed by atoms with Crippen molar-refractivity contribution in [3.05, 3.63) is 62.7 Å². The summed E-state index contributed by atoms with van der Waals surface area (Å²) >= 11 is 9.15. The zero-order valence-electron chi connectivity index (χ0n) is 12.7. The van der Waals surface area contributed by atoms with E-state index < -0.39 is 0 Å². The zero-order valence-corrected chi connectivity index (χ0v) is 15.6. The van der Waals surface area contributed by atoms with Crippen molar-refractivity contribution in [3.8, 4) is 5.75 Å². The number of fused-ring (bicyclic) bond motifs is 1. The molecule has 2 nitrogen and oxygen atoms in total. The Bertz CT molecular complexity index is 659. The van der Waals surface area contributed by atoms with Crippen LogP contribution in [0.25, 0.3) is 0 Å². The highest BCUT2D eigenvalue weighted by Crippen LogP contribution is 2.38. The standard InChI is InChI=1S/C18H19ClINO/c1-21-10-9-12-5-8-15(22-2)11-16(12)17(18(21)19)13-3-6-14(20)7-4-13/h3-8,11,17-18H,9-10H2,1-2H3. The molecule has 0 saturated carbocycles. The Hall–Kier alpha value is -0.780. The van der Waals surface area contributed by atoms with Crippen LogP contribution in [0.2, 0.25) is 0 Å². The van der Waals surface area contributed by atoms with E-state index >= 15 is 0 Å². The highest BCUT2D eigenvalue weighted by atomic mass is 127. The number of hydrogen-bond donors (Lipinski definition) is 0. The fourth-order valence-electron chi connectivity index (χ4n) is 3.05. The van der Waals surface area contributed by atoms with Crippen molar-refractivity contribution in [1.29, 1.82) is 0 Å². The number of hydrogen-bond acceptors (Lipinski definition) is 2. The van der Waals surface area contributed by atoms with Crippen LogP contribution in [0.15, 0.2) is 42.5 Å². The van der Waals surface area contributed by atoms with Gasteiger partial charge in [0.2, 0.25) is 0 Å². The molecule has 2 atom stereocenters. The molecule has 3 rings (SSSR count). The summed E-state index contributed by atoms with van der Waals surface area (Å²) in [6, 6.07) is 15.0. The molecule has 0 radical (unpaired) electrons. The predicted octanol–water partition coefficient (Wildman–Crippen LogP) is 4.48. The average molecular weight is 428 g/mol. The number of ether oxygens (including phenoxy) is 1. The maximum Gasteiger partial charge on any atom is 0.119 e. The summed E-state index contributed by atoms with van der Waals surface area (Å²) in [7, 11) is 3.81. The molecule has 0 aliphatic carbocycles. The van der Waals surface area contributed by atoms with Gasteiger partial charge in [-0.15, -0.1) is 11.6 Å². The van der Waals surface area contributed by atoms with Gasteiger partial charge in [0.1, 0.15) is 5.75 Å². The lowest BCUT2D eigenvalue weighted by atomic mass is 9.87. The quantitative estimate of drug-likeness (QED) is 0.398. The van der Waals surface area contributed by atoms with E-state index in [1.54, 1.807) is 7.11 Å². The third kappa shape index (κ3) is 3.12. The summed E-state index contributed by atoms with van der Waals surface area (Å²) in [6.45, 7) is 0.967. The Balaban J connectivity index is 2.13. The second-order valence-electron chi connectivity index (χ2n) is 5.70. The monoisotopic (exact) mass is 427 g/mol. The molecule has 0 bridgehead atoms. The number of methoxy groups -OCH3 is 1. The summed E-state index contributed by atoms with van der Waals surface area (Å²) < 4.78 is 6.66. The van der Waals surface area contributed by atoms with Crippen LogP contribution >= 0.6 is 34.2 Å². The van der Waals surface area contributed by atoms with Crippen molar-refractivity contribution in [1.82, 2.24) is 4.90 Å². The molecule has 0 aromatic heterocycles. The second-order valence-corrected chi connectivity index (χ2v) is 7.39. The molecule has 1 heterocycles. The lowest BCUT2D eigenvalue weighted by Gasteiger charge is -2.28. The van der Waals surface area contributed by atoms with Gasteiger partial charge >= 0.3 is 0 Å². The van der Waals surface area contributed by atoms with Crippen molar-refractivity contribution >= 4 is 34.2 Å². The Labute approximate surface area is 150 Å². The van der Waals surface area contributed by atoms with Gasteiger partial charge in [-0.2, -0.15) is 0 Å². The van der Waals surface area contributed by atoms with Crippen LogP contribution in [0, 0.1) is 3.57 Å². The summed E-state index contributed by atoms with van der Waals surface area (Å²) in [4.78, 5) is 2.23. The fourth-order valence-corrected chi connectivity index (χ4v) is 3.79. The summed E-state index contributed by atoms with van der Waals surface area (Å²) in [5.41, 5.74) is 3.83. The molecule has 1 aliphatic heterocycles. The SMILES string of the molecule is COc1ccc2c(c1)C(c1ccc(I)cc1)C(Cl)N(C)CC2. The minimum Gasteiger partial charge on any atom is -0.497 e. The molecule has 0 fully saturated rings.